The van der Waals surface area contributed by atoms with Gasteiger partial charge in [-0.15, -0.1) is 0 Å². The molecule has 3 nitrogen and oxygen atoms in total. The average Bonchev–Trinajstić information content (AvgIpc) is 2.49. The Balaban J connectivity index is 2.33. The van der Waals surface area contributed by atoms with Crippen LogP contribution in [-0.4, -0.2) is 15.3 Å². The van der Waals surface area contributed by atoms with E-state index in [0.717, 1.165) is 17.0 Å². The van der Waals surface area contributed by atoms with Crippen LogP contribution in [0, 0.1) is 0 Å². The average molecular weight is 317 g/mol. The third-order valence-electron chi connectivity index (χ3n) is 3.10. The number of rotatable bonds is 3. The van der Waals surface area contributed by atoms with Gasteiger partial charge < -0.3 is 0 Å². The molecule has 0 unspecified atom stereocenters. The van der Waals surface area contributed by atoms with Crippen molar-refractivity contribution >= 4 is 34.3 Å². The van der Waals surface area contributed by atoms with E-state index in [1.54, 1.807) is 34.5 Å². The molecule has 0 bridgehead atoms. The van der Waals surface area contributed by atoms with E-state index in [0.29, 0.717) is 15.6 Å². The summed E-state index contributed by atoms with van der Waals surface area (Å²) in [5.41, 5.74) is 1.45. The third-order valence-corrected chi connectivity index (χ3v) is 4.18. The minimum atomic E-state index is -0.0566. The first kappa shape index (κ1) is 14.2. The summed E-state index contributed by atoms with van der Waals surface area (Å²) in [6, 6.07) is 14.6. The summed E-state index contributed by atoms with van der Waals surface area (Å²) in [4.78, 5) is 17.4. The van der Waals surface area contributed by atoms with Gasteiger partial charge >= 0.3 is 0 Å². The van der Waals surface area contributed by atoms with Crippen LogP contribution in [0.25, 0.3) is 16.6 Å². The summed E-state index contributed by atoms with van der Waals surface area (Å²) in [6.45, 7) is 2.04. The van der Waals surface area contributed by atoms with Gasteiger partial charge in [-0.05, 0) is 42.2 Å². The van der Waals surface area contributed by atoms with Gasteiger partial charge in [0, 0.05) is 5.02 Å². The molecule has 2 aromatic carbocycles. The molecule has 0 amide bonds. The normalized spacial score (nSPS) is 11.0. The molecule has 0 N–H and O–H groups in total. The van der Waals surface area contributed by atoms with E-state index >= 15 is 0 Å². The van der Waals surface area contributed by atoms with E-state index in [9.17, 15) is 4.79 Å². The second-order valence-corrected chi connectivity index (χ2v) is 6.13. The van der Waals surface area contributed by atoms with E-state index in [4.69, 9.17) is 11.6 Å². The Labute approximate surface area is 131 Å². The lowest BCUT2D eigenvalue weighted by Crippen LogP contribution is -2.21. The van der Waals surface area contributed by atoms with Crippen molar-refractivity contribution < 1.29 is 0 Å². The number of hydrogen-bond donors (Lipinski definition) is 0. The van der Waals surface area contributed by atoms with Gasteiger partial charge in [0.25, 0.3) is 5.56 Å². The van der Waals surface area contributed by atoms with Crippen molar-refractivity contribution in [2.45, 2.75) is 12.1 Å². The summed E-state index contributed by atoms with van der Waals surface area (Å²) in [7, 11) is 0. The van der Waals surface area contributed by atoms with E-state index in [-0.39, 0.29) is 5.56 Å². The fraction of sp³-hybridized carbons (Fsp3) is 0.125. The topological polar surface area (TPSA) is 34.9 Å². The van der Waals surface area contributed by atoms with Crippen LogP contribution in [0.2, 0.25) is 5.02 Å². The predicted molar refractivity (Wildman–Crippen MR) is 88.7 cm³/mol. The molecule has 0 radical (unpaired) electrons. The number of para-hydroxylation sites is 1. The van der Waals surface area contributed by atoms with Crippen molar-refractivity contribution in [3.8, 4) is 5.69 Å². The van der Waals surface area contributed by atoms with Gasteiger partial charge in [-0.25, -0.2) is 4.98 Å². The summed E-state index contributed by atoms with van der Waals surface area (Å²) in [5.74, 6) is 0.846. The molecule has 0 aliphatic heterocycles. The first-order valence-corrected chi connectivity index (χ1v) is 7.97. The Morgan fingerprint density at radius 1 is 1.14 bits per heavy atom. The van der Waals surface area contributed by atoms with E-state index < -0.39 is 0 Å². The van der Waals surface area contributed by atoms with Crippen LogP contribution in [0.15, 0.2) is 58.5 Å². The second-order valence-electron chi connectivity index (χ2n) is 4.46. The van der Waals surface area contributed by atoms with E-state index in [1.807, 2.05) is 37.3 Å². The number of thioether (sulfide) groups is 1. The fourth-order valence-corrected chi connectivity index (χ4v) is 3.02. The summed E-state index contributed by atoms with van der Waals surface area (Å²) < 4.78 is 1.65. The molecule has 0 saturated carbocycles. The Morgan fingerprint density at radius 2 is 1.86 bits per heavy atom. The highest BCUT2D eigenvalue weighted by Crippen LogP contribution is 2.21. The summed E-state index contributed by atoms with van der Waals surface area (Å²) in [5, 5.41) is 1.96. The Morgan fingerprint density at radius 3 is 2.57 bits per heavy atom. The standard InChI is InChI=1S/C16H13ClN2OS/c1-2-21-16-18-14-6-4-3-5-13(14)15(20)19(16)12-9-7-11(17)8-10-12/h3-10H,2H2,1H3. The highest BCUT2D eigenvalue weighted by Gasteiger charge is 2.12. The lowest BCUT2D eigenvalue weighted by Gasteiger charge is -2.12. The number of fused-ring (bicyclic) bond motifs is 1. The van der Waals surface area contributed by atoms with Crippen molar-refractivity contribution in [2.75, 3.05) is 5.75 Å². The number of hydrogen-bond acceptors (Lipinski definition) is 3. The minimum Gasteiger partial charge on any atom is -0.268 e. The monoisotopic (exact) mass is 316 g/mol. The van der Waals surface area contributed by atoms with Crippen LogP contribution in [0.5, 0.6) is 0 Å². The van der Waals surface area contributed by atoms with Gasteiger partial charge in [-0.2, -0.15) is 0 Å². The summed E-state index contributed by atoms with van der Waals surface area (Å²) >= 11 is 7.48. The first-order valence-electron chi connectivity index (χ1n) is 6.61. The number of benzene rings is 2. The van der Waals surface area contributed by atoms with Crippen LogP contribution in [-0.2, 0) is 0 Å². The zero-order valence-electron chi connectivity index (χ0n) is 11.4. The summed E-state index contributed by atoms with van der Waals surface area (Å²) in [6.07, 6.45) is 0. The van der Waals surface area contributed by atoms with Gasteiger partial charge in [0.15, 0.2) is 5.16 Å². The number of halogens is 1. The zero-order chi connectivity index (χ0) is 14.8. The van der Waals surface area contributed by atoms with Crippen LogP contribution in [0.1, 0.15) is 6.92 Å². The maximum atomic E-state index is 12.8. The van der Waals surface area contributed by atoms with Crippen molar-refractivity contribution in [3.63, 3.8) is 0 Å². The predicted octanol–water partition coefficient (Wildman–Crippen LogP) is 4.15. The highest BCUT2D eigenvalue weighted by atomic mass is 35.5. The van der Waals surface area contributed by atoms with Crippen molar-refractivity contribution in [3.05, 3.63) is 63.9 Å². The largest absolute Gasteiger partial charge is 0.268 e. The molecule has 3 aromatic rings. The molecule has 106 valence electrons. The lowest BCUT2D eigenvalue weighted by molar-refractivity contribution is 0.820. The van der Waals surface area contributed by atoms with Crippen molar-refractivity contribution in [2.24, 2.45) is 0 Å². The highest BCUT2D eigenvalue weighted by molar-refractivity contribution is 7.99. The van der Waals surface area contributed by atoms with E-state index in [1.165, 1.54) is 0 Å². The van der Waals surface area contributed by atoms with Crippen LogP contribution in [0.3, 0.4) is 0 Å². The molecule has 0 aliphatic carbocycles. The molecule has 0 spiro atoms. The molecule has 1 aromatic heterocycles. The first-order chi connectivity index (χ1) is 10.2. The molecule has 1 heterocycles. The van der Waals surface area contributed by atoms with Crippen LogP contribution < -0.4 is 5.56 Å². The van der Waals surface area contributed by atoms with Crippen molar-refractivity contribution in [1.29, 1.82) is 0 Å². The maximum absolute atomic E-state index is 12.8. The molecule has 0 atom stereocenters. The second kappa shape index (κ2) is 5.92. The Hall–Kier alpha value is -1.78. The van der Waals surface area contributed by atoms with Crippen LogP contribution >= 0.6 is 23.4 Å². The van der Waals surface area contributed by atoms with E-state index in [2.05, 4.69) is 4.98 Å². The fourth-order valence-electron chi connectivity index (χ4n) is 2.16. The number of nitrogens with zero attached hydrogens (tertiary/aromatic N) is 2. The third kappa shape index (κ3) is 2.69. The molecule has 0 fully saturated rings. The lowest BCUT2D eigenvalue weighted by atomic mass is 10.2. The van der Waals surface area contributed by atoms with Gasteiger partial charge in [0.1, 0.15) is 0 Å². The van der Waals surface area contributed by atoms with Crippen molar-refractivity contribution in [1.82, 2.24) is 9.55 Å². The minimum absolute atomic E-state index is 0.0566. The Bertz CT molecular complexity index is 843. The molecule has 0 saturated heterocycles. The SMILES string of the molecule is CCSc1nc2ccccc2c(=O)n1-c1ccc(Cl)cc1. The van der Waals surface area contributed by atoms with Crippen LogP contribution in [0.4, 0.5) is 0 Å². The molecule has 3 rings (SSSR count). The quantitative estimate of drug-likeness (QED) is 0.538. The van der Waals surface area contributed by atoms with Gasteiger partial charge in [-0.1, -0.05) is 42.4 Å². The maximum Gasteiger partial charge on any atom is 0.266 e. The van der Waals surface area contributed by atoms with Gasteiger partial charge in [0.05, 0.1) is 16.6 Å². The number of aromatic nitrogens is 2. The molecule has 0 aliphatic rings. The molecule has 5 heteroatoms. The molecule has 21 heavy (non-hydrogen) atoms. The van der Waals surface area contributed by atoms with Gasteiger partial charge in [0.2, 0.25) is 0 Å². The smallest absolute Gasteiger partial charge is 0.266 e. The molecular formula is C16H13ClN2OS. The Kier molecular flexibility index (Phi) is 3.99. The molecular weight excluding hydrogens is 304 g/mol. The van der Waals surface area contributed by atoms with Gasteiger partial charge in [-0.3, -0.25) is 9.36 Å². The zero-order valence-corrected chi connectivity index (χ0v) is 13.0.